The number of methoxy groups -OCH3 is 3. The summed E-state index contributed by atoms with van der Waals surface area (Å²) in [6.45, 7) is 0. The van der Waals surface area contributed by atoms with Gasteiger partial charge in [-0.2, -0.15) is 9.50 Å². The van der Waals surface area contributed by atoms with Gasteiger partial charge in [-0.15, -0.1) is 5.10 Å². The Morgan fingerprint density at radius 3 is 2.36 bits per heavy atom. The summed E-state index contributed by atoms with van der Waals surface area (Å²) in [6.07, 6.45) is 1.79. The van der Waals surface area contributed by atoms with Crippen molar-refractivity contribution in [2.75, 3.05) is 21.3 Å². The fourth-order valence-corrected chi connectivity index (χ4v) is 3.70. The number of hydrogen-bond acceptors (Lipinski definition) is 7. The molecular formula is C20H17N3O4S. The zero-order valence-electron chi connectivity index (χ0n) is 15.5. The number of rotatable bonds is 5. The zero-order chi connectivity index (χ0) is 19.7. The molecule has 7 nitrogen and oxygen atoms in total. The van der Waals surface area contributed by atoms with Gasteiger partial charge in [-0.25, -0.2) is 0 Å². The third-order valence-electron chi connectivity index (χ3n) is 4.24. The number of benzene rings is 2. The Labute approximate surface area is 164 Å². The van der Waals surface area contributed by atoms with E-state index in [-0.39, 0.29) is 5.56 Å². The van der Waals surface area contributed by atoms with Gasteiger partial charge in [0.1, 0.15) is 5.75 Å². The van der Waals surface area contributed by atoms with Crippen molar-refractivity contribution < 1.29 is 14.2 Å². The molecule has 0 bridgehead atoms. The molecule has 0 saturated carbocycles. The van der Waals surface area contributed by atoms with Crippen LogP contribution >= 0.6 is 11.3 Å². The van der Waals surface area contributed by atoms with E-state index in [1.54, 1.807) is 33.5 Å². The number of hydrogen-bond donors (Lipinski definition) is 0. The Kier molecular flexibility index (Phi) is 4.70. The largest absolute Gasteiger partial charge is 0.497 e. The highest BCUT2D eigenvalue weighted by atomic mass is 32.1. The summed E-state index contributed by atoms with van der Waals surface area (Å²) in [6, 6.07) is 12.9. The average molecular weight is 395 g/mol. The van der Waals surface area contributed by atoms with Gasteiger partial charge in [0.25, 0.3) is 5.56 Å². The minimum Gasteiger partial charge on any atom is -0.497 e. The molecule has 4 aromatic rings. The number of aromatic nitrogens is 3. The van der Waals surface area contributed by atoms with E-state index in [1.165, 1.54) is 15.9 Å². The van der Waals surface area contributed by atoms with Crippen LogP contribution in [0.1, 0.15) is 5.56 Å². The van der Waals surface area contributed by atoms with Gasteiger partial charge in [-0.1, -0.05) is 17.4 Å². The molecule has 28 heavy (non-hydrogen) atoms. The quantitative estimate of drug-likeness (QED) is 0.517. The van der Waals surface area contributed by atoms with Crippen molar-refractivity contribution in [1.82, 2.24) is 14.6 Å². The monoisotopic (exact) mass is 395 g/mol. The van der Waals surface area contributed by atoms with E-state index >= 15 is 0 Å². The molecule has 2 aromatic heterocycles. The fourth-order valence-electron chi connectivity index (χ4n) is 2.79. The molecule has 0 aliphatic heterocycles. The predicted octanol–water partition coefficient (Wildman–Crippen LogP) is 2.39. The van der Waals surface area contributed by atoms with Crippen molar-refractivity contribution in [2.45, 2.75) is 0 Å². The fraction of sp³-hybridized carbons (Fsp3) is 0.150. The number of fused-ring (bicyclic) bond motifs is 1. The highest BCUT2D eigenvalue weighted by Crippen LogP contribution is 2.27. The van der Waals surface area contributed by atoms with Crippen LogP contribution < -0.4 is 24.3 Å². The van der Waals surface area contributed by atoms with Crippen molar-refractivity contribution in [2.24, 2.45) is 0 Å². The maximum absolute atomic E-state index is 12.7. The van der Waals surface area contributed by atoms with Crippen LogP contribution in [0.2, 0.25) is 0 Å². The second kappa shape index (κ2) is 7.32. The van der Waals surface area contributed by atoms with E-state index < -0.39 is 0 Å². The number of nitrogens with zero attached hydrogens (tertiary/aromatic N) is 3. The smallest absolute Gasteiger partial charge is 0.291 e. The van der Waals surface area contributed by atoms with Crippen LogP contribution in [-0.4, -0.2) is 35.9 Å². The third kappa shape index (κ3) is 3.18. The molecular weight excluding hydrogens is 378 g/mol. The van der Waals surface area contributed by atoms with Crippen molar-refractivity contribution in [3.63, 3.8) is 0 Å². The Morgan fingerprint density at radius 2 is 1.71 bits per heavy atom. The Balaban J connectivity index is 1.74. The molecule has 0 aliphatic carbocycles. The standard InChI is InChI=1S/C20H17N3O4S/c1-25-14-7-5-13(6-8-14)18-21-20-23(22-18)19(24)17(28-20)11-12-4-9-15(26-2)16(10-12)27-3/h4-11H,1-3H3/b17-11-. The van der Waals surface area contributed by atoms with Crippen LogP contribution in [0.3, 0.4) is 0 Å². The summed E-state index contributed by atoms with van der Waals surface area (Å²) in [5.74, 6) is 2.49. The van der Waals surface area contributed by atoms with Crippen LogP contribution in [0, 0.1) is 0 Å². The highest BCUT2D eigenvalue weighted by molar-refractivity contribution is 7.15. The normalized spacial score (nSPS) is 11.8. The highest BCUT2D eigenvalue weighted by Gasteiger charge is 2.12. The molecule has 0 unspecified atom stereocenters. The van der Waals surface area contributed by atoms with Gasteiger partial charge in [-0.05, 0) is 48.0 Å². The second-order valence-electron chi connectivity index (χ2n) is 5.89. The number of ether oxygens (including phenoxy) is 3. The van der Waals surface area contributed by atoms with Gasteiger partial charge in [0.15, 0.2) is 17.3 Å². The van der Waals surface area contributed by atoms with Gasteiger partial charge in [0.2, 0.25) is 4.96 Å². The van der Waals surface area contributed by atoms with E-state index in [0.717, 1.165) is 16.9 Å². The summed E-state index contributed by atoms with van der Waals surface area (Å²) < 4.78 is 17.6. The lowest BCUT2D eigenvalue weighted by Gasteiger charge is -2.07. The molecule has 2 heterocycles. The molecule has 4 rings (SSSR count). The van der Waals surface area contributed by atoms with Crippen molar-refractivity contribution in [3.8, 4) is 28.6 Å². The zero-order valence-corrected chi connectivity index (χ0v) is 16.3. The van der Waals surface area contributed by atoms with Crippen molar-refractivity contribution in [1.29, 1.82) is 0 Å². The SMILES string of the molecule is COc1ccc(-c2nc3s/c(=C\c4ccc(OC)c(OC)c4)c(=O)n3n2)cc1. The molecule has 0 fully saturated rings. The van der Waals surface area contributed by atoms with Crippen LogP contribution in [0.5, 0.6) is 17.2 Å². The van der Waals surface area contributed by atoms with Crippen molar-refractivity contribution >= 4 is 22.4 Å². The first-order chi connectivity index (χ1) is 13.6. The van der Waals surface area contributed by atoms with Crippen molar-refractivity contribution in [3.05, 3.63) is 62.9 Å². The van der Waals surface area contributed by atoms with Gasteiger partial charge in [0.05, 0.1) is 25.9 Å². The van der Waals surface area contributed by atoms with Crippen LogP contribution in [0.25, 0.3) is 22.4 Å². The van der Waals surface area contributed by atoms with E-state index in [9.17, 15) is 4.79 Å². The molecule has 0 atom stereocenters. The van der Waals surface area contributed by atoms with E-state index in [0.29, 0.717) is 26.8 Å². The summed E-state index contributed by atoms with van der Waals surface area (Å²) in [7, 11) is 4.77. The third-order valence-corrected chi connectivity index (χ3v) is 5.19. The van der Waals surface area contributed by atoms with Crippen LogP contribution in [0.4, 0.5) is 0 Å². The first kappa shape index (κ1) is 18.0. The lowest BCUT2D eigenvalue weighted by molar-refractivity contribution is 0.355. The Bertz CT molecular complexity index is 1250. The molecule has 142 valence electrons. The Hall–Kier alpha value is -3.39. The lowest BCUT2D eigenvalue weighted by atomic mass is 10.2. The molecule has 0 radical (unpaired) electrons. The minimum absolute atomic E-state index is 0.206. The number of thiazole rings is 1. The molecule has 0 N–H and O–H groups in total. The van der Waals surface area contributed by atoms with Crippen LogP contribution in [0.15, 0.2) is 47.3 Å². The van der Waals surface area contributed by atoms with E-state index in [2.05, 4.69) is 10.1 Å². The minimum atomic E-state index is -0.206. The molecule has 0 saturated heterocycles. The summed E-state index contributed by atoms with van der Waals surface area (Å²) >= 11 is 1.29. The second-order valence-corrected chi connectivity index (χ2v) is 6.90. The lowest BCUT2D eigenvalue weighted by Crippen LogP contribution is -2.23. The maximum Gasteiger partial charge on any atom is 0.291 e. The summed E-state index contributed by atoms with van der Waals surface area (Å²) in [5.41, 5.74) is 1.44. The van der Waals surface area contributed by atoms with Gasteiger partial charge < -0.3 is 14.2 Å². The Morgan fingerprint density at radius 1 is 0.964 bits per heavy atom. The molecule has 8 heteroatoms. The molecule has 0 amide bonds. The van der Waals surface area contributed by atoms with Gasteiger partial charge in [0, 0.05) is 5.56 Å². The molecule has 2 aromatic carbocycles. The van der Waals surface area contributed by atoms with E-state index in [1.807, 2.05) is 36.4 Å². The molecule has 0 aliphatic rings. The topological polar surface area (TPSA) is 75.0 Å². The van der Waals surface area contributed by atoms with Crippen LogP contribution in [-0.2, 0) is 0 Å². The first-order valence-corrected chi connectivity index (χ1v) is 9.22. The summed E-state index contributed by atoms with van der Waals surface area (Å²) in [5, 5.41) is 4.36. The van der Waals surface area contributed by atoms with Gasteiger partial charge in [-0.3, -0.25) is 4.79 Å². The first-order valence-electron chi connectivity index (χ1n) is 8.40. The van der Waals surface area contributed by atoms with E-state index in [4.69, 9.17) is 14.2 Å². The van der Waals surface area contributed by atoms with Gasteiger partial charge >= 0.3 is 0 Å². The molecule has 0 spiro atoms. The predicted molar refractivity (Wildman–Crippen MR) is 107 cm³/mol. The average Bonchev–Trinajstić information content (AvgIpc) is 3.27. The maximum atomic E-state index is 12.7. The summed E-state index contributed by atoms with van der Waals surface area (Å²) in [4.78, 5) is 17.8.